The molecule has 152 valence electrons. The van der Waals surface area contributed by atoms with Crippen LogP contribution in [0.4, 0.5) is 11.6 Å². The Morgan fingerprint density at radius 2 is 1.76 bits per heavy atom. The highest BCUT2D eigenvalue weighted by atomic mass is 16.6. The first-order valence-corrected chi connectivity index (χ1v) is 9.37. The number of rotatable bonds is 5. The number of carbonyl (C=O) groups excluding carboxylic acids is 1. The van der Waals surface area contributed by atoms with E-state index in [2.05, 4.69) is 10.2 Å². The van der Waals surface area contributed by atoms with E-state index in [1.165, 1.54) is 0 Å². The molecule has 3 aromatic rings. The maximum absolute atomic E-state index is 13.0. The number of aromatic nitrogens is 2. The van der Waals surface area contributed by atoms with Crippen LogP contribution in [-0.2, 0) is 9.53 Å². The number of ether oxygens (including phenoxy) is 1. The molecule has 0 spiro atoms. The summed E-state index contributed by atoms with van der Waals surface area (Å²) in [7, 11) is 1.67. The molecule has 0 bridgehead atoms. The van der Waals surface area contributed by atoms with Crippen molar-refractivity contribution in [3.05, 3.63) is 60.2 Å². The van der Waals surface area contributed by atoms with Gasteiger partial charge in [0.1, 0.15) is 17.5 Å². The van der Waals surface area contributed by atoms with Crippen LogP contribution in [0.3, 0.4) is 0 Å². The summed E-state index contributed by atoms with van der Waals surface area (Å²) in [5.74, 6) is 0.111. The summed E-state index contributed by atoms with van der Waals surface area (Å²) in [6.45, 7) is 5.36. The van der Waals surface area contributed by atoms with E-state index in [1.54, 1.807) is 44.9 Å². The zero-order chi connectivity index (χ0) is 21.2. The number of aliphatic hydroxyl groups is 1. The van der Waals surface area contributed by atoms with Gasteiger partial charge < -0.3 is 20.5 Å². The van der Waals surface area contributed by atoms with E-state index in [-0.39, 0.29) is 5.82 Å². The second kappa shape index (κ2) is 8.05. The number of nitrogens with two attached hydrogens (primary N) is 1. The maximum atomic E-state index is 13.0. The summed E-state index contributed by atoms with van der Waals surface area (Å²) in [6, 6.07) is 15.7. The monoisotopic (exact) mass is 394 g/mol. The number of fused-ring (bicyclic) bond motifs is 1. The molecule has 0 radical (unpaired) electrons. The van der Waals surface area contributed by atoms with Crippen molar-refractivity contribution in [3.8, 4) is 0 Å². The Morgan fingerprint density at radius 1 is 1.07 bits per heavy atom. The smallest absolute Gasteiger partial charge is 0.332 e. The number of aliphatic hydroxyl groups excluding tert-OH is 1. The van der Waals surface area contributed by atoms with Crippen LogP contribution >= 0.6 is 0 Å². The fraction of sp³-hybridized carbons (Fsp3) is 0.318. The van der Waals surface area contributed by atoms with Crippen LogP contribution < -0.4 is 10.6 Å². The van der Waals surface area contributed by atoms with Crippen molar-refractivity contribution in [2.45, 2.75) is 38.5 Å². The standard InChI is InChI=1S/C22H26N4O3/c1-22(2,3)29-21(28)19(26(4)18-12-11-17(23)24-25-18)20(27)16-10-9-14-7-5-6-8-15(14)13-16/h5-13,19-20,27H,1-4H3,(H2,23,24). The minimum atomic E-state index is -1.14. The summed E-state index contributed by atoms with van der Waals surface area (Å²) in [6.07, 6.45) is -1.14. The third-order valence-electron chi connectivity index (χ3n) is 4.51. The van der Waals surface area contributed by atoms with Crippen LogP contribution in [0.25, 0.3) is 10.8 Å². The van der Waals surface area contributed by atoms with Crippen LogP contribution in [0.5, 0.6) is 0 Å². The minimum absolute atomic E-state index is 0.269. The molecule has 0 fully saturated rings. The Bertz CT molecular complexity index is 999. The molecule has 1 aromatic heterocycles. The largest absolute Gasteiger partial charge is 0.458 e. The second-order valence-corrected chi connectivity index (χ2v) is 7.96. The highest BCUT2D eigenvalue weighted by molar-refractivity contribution is 5.84. The van der Waals surface area contributed by atoms with Gasteiger partial charge in [-0.2, -0.15) is 0 Å². The highest BCUT2D eigenvalue weighted by Crippen LogP contribution is 2.28. The Labute approximate surface area is 170 Å². The predicted octanol–water partition coefficient (Wildman–Crippen LogP) is 3.09. The third kappa shape index (κ3) is 4.81. The highest BCUT2D eigenvalue weighted by Gasteiger charge is 2.36. The lowest BCUT2D eigenvalue weighted by atomic mass is 9.97. The third-order valence-corrected chi connectivity index (χ3v) is 4.51. The van der Waals surface area contributed by atoms with Gasteiger partial charge in [0.2, 0.25) is 0 Å². The number of nitrogens with zero attached hydrogens (tertiary/aromatic N) is 3. The van der Waals surface area contributed by atoms with Crippen LogP contribution in [0.2, 0.25) is 0 Å². The molecule has 2 aromatic carbocycles. The van der Waals surface area contributed by atoms with Crippen molar-refractivity contribution in [3.63, 3.8) is 0 Å². The molecule has 3 rings (SSSR count). The molecule has 0 aliphatic carbocycles. The minimum Gasteiger partial charge on any atom is -0.458 e. The molecule has 2 atom stereocenters. The summed E-state index contributed by atoms with van der Waals surface area (Å²) >= 11 is 0. The molecule has 0 aliphatic heterocycles. The van der Waals surface area contributed by atoms with E-state index in [0.29, 0.717) is 11.4 Å². The molecular weight excluding hydrogens is 368 g/mol. The van der Waals surface area contributed by atoms with Gasteiger partial charge in [-0.05, 0) is 55.3 Å². The second-order valence-electron chi connectivity index (χ2n) is 7.96. The van der Waals surface area contributed by atoms with Crippen molar-refractivity contribution in [1.29, 1.82) is 0 Å². The van der Waals surface area contributed by atoms with E-state index in [1.807, 2.05) is 42.5 Å². The van der Waals surface area contributed by atoms with Gasteiger partial charge in [-0.3, -0.25) is 0 Å². The van der Waals surface area contributed by atoms with E-state index >= 15 is 0 Å². The number of benzene rings is 2. The topological polar surface area (TPSA) is 102 Å². The maximum Gasteiger partial charge on any atom is 0.332 e. The Kier molecular flexibility index (Phi) is 5.70. The molecule has 0 amide bonds. The number of hydrogen-bond donors (Lipinski definition) is 2. The Morgan fingerprint density at radius 3 is 2.38 bits per heavy atom. The number of likely N-dealkylation sites (N-methyl/N-ethyl adjacent to an activating group) is 1. The summed E-state index contributed by atoms with van der Waals surface area (Å²) in [4.78, 5) is 14.6. The molecule has 1 heterocycles. The summed E-state index contributed by atoms with van der Waals surface area (Å²) in [5, 5.41) is 21.1. The summed E-state index contributed by atoms with van der Waals surface area (Å²) in [5.41, 5.74) is 5.52. The van der Waals surface area contributed by atoms with E-state index in [9.17, 15) is 9.90 Å². The molecule has 2 unspecified atom stereocenters. The van der Waals surface area contributed by atoms with Crippen molar-refractivity contribution in [2.24, 2.45) is 0 Å². The van der Waals surface area contributed by atoms with E-state index < -0.39 is 23.7 Å². The number of carbonyl (C=O) groups is 1. The van der Waals surface area contributed by atoms with Crippen LogP contribution in [0, 0.1) is 0 Å². The van der Waals surface area contributed by atoms with Gasteiger partial charge in [-0.25, -0.2) is 4.79 Å². The predicted molar refractivity (Wildman–Crippen MR) is 113 cm³/mol. The van der Waals surface area contributed by atoms with Crippen molar-refractivity contribution < 1.29 is 14.6 Å². The first kappa shape index (κ1) is 20.5. The fourth-order valence-corrected chi connectivity index (χ4v) is 3.10. The van der Waals surface area contributed by atoms with Gasteiger partial charge in [0.05, 0.1) is 0 Å². The van der Waals surface area contributed by atoms with Gasteiger partial charge in [0, 0.05) is 7.05 Å². The van der Waals surface area contributed by atoms with Gasteiger partial charge in [-0.15, -0.1) is 10.2 Å². The van der Waals surface area contributed by atoms with Crippen molar-refractivity contribution >= 4 is 28.4 Å². The zero-order valence-corrected chi connectivity index (χ0v) is 17.0. The molecule has 0 saturated carbocycles. The first-order chi connectivity index (χ1) is 13.7. The molecule has 7 heteroatoms. The van der Waals surface area contributed by atoms with Gasteiger partial charge in [0.25, 0.3) is 0 Å². The van der Waals surface area contributed by atoms with E-state index in [4.69, 9.17) is 10.5 Å². The van der Waals surface area contributed by atoms with Gasteiger partial charge in [-0.1, -0.05) is 36.4 Å². The Balaban J connectivity index is 2.00. The van der Waals surface area contributed by atoms with Crippen molar-refractivity contribution in [1.82, 2.24) is 10.2 Å². The molecule has 3 N–H and O–H groups in total. The molecule has 7 nitrogen and oxygen atoms in total. The lowest BCUT2D eigenvalue weighted by Crippen LogP contribution is -2.46. The SMILES string of the molecule is CN(c1ccc(N)nn1)C(C(=O)OC(C)(C)C)C(O)c1ccc2ccccc2c1. The van der Waals surface area contributed by atoms with Gasteiger partial charge in [0.15, 0.2) is 11.9 Å². The quantitative estimate of drug-likeness (QED) is 0.641. The number of esters is 1. The molecular formula is C22H26N4O3. The fourth-order valence-electron chi connectivity index (χ4n) is 3.10. The number of nitrogen functional groups attached to an aromatic ring is 1. The van der Waals surface area contributed by atoms with Crippen LogP contribution in [-0.4, -0.2) is 40.0 Å². The first-order valence-electron chi connectivity index (χ1n) is 9.37. The Hall–Kier alpha value is -3.19. The lowest BCUT2D eigenvalue weighted by Gasteiger charge is -2.33. The average molecular weight is 394 g/mol. The molecule has 0 saturated heterocycles. The number of anilines is 2. The zero-order valence-electron chi connectivity index (χ0n) is 17.0. The van der Waals surface area contributed by atoms with E-state index in [0.717, 1.165) is 10.8 Å². The van der Waals surface area contributed by atoms with Gasteiger partial charge >= 0.3 is 5.97 Å². The van der Waals surface area contributed by atoms with Crippen LogP contribution in [0.15, 0.2) is 54.6 Å². The van der Waals surface area contributed by atoms with Crippen molar-refractivity contribution in [2.75, 3.05) is 17.7 Å². The molecule has 29 heavy (non-hydrogen) atoms. The summed E-state index contributed by atoms with van der Waals surface area (Å²) < 4.78 is 5.58. The number of hydrogen-bond acceptors (Lipinski definition) is 7. The normalized spacial score (nSPS) is 13.7. The average Bonchev–Trinajstić information content (AvgIpc) is 2.66. The van der Waals surface area contributed by atoms with Crippen LogP contribution in [0.1, 0.15) is 32.4 Å². The molecule has 0 aliphatic rings. The lowest BCUT2D eigenvalue weighted by molar-refractivity contribution is -0.159.